The van der Waals surface area contributed by atoms with Gasteiger partial charge < -0.3 is 5.32 Å². The molecule has 1 aromatic heterocycles. The topological polar surface area (TPSA) is 12.0 Å². The lowest BCUT2D eigenvalue weighted by molar-refractivity contribution is -0.137. The van der Waals surface area contributed by atoms with E-state index >= 15 is 0 Å². The highest BCUT2D eigenvalue weighted by Gasteiger charge is 2.29. The minimum Gasteiger partial charge on any atom is -0.378 e. The first-order chi connectivity index (χ1) is 8.47. The monoisotopic (exact) mass is 271 g/mol. The van der Waals surface area contributed by atoms with Gasteiger partial charge in [0.05, 0.1) is 11.6 Å². The fourth-order valence-corrected chi connectivity index (χ4v) is 2.35. The van der Waals surface area contributed by atoms with E-state index in [0.29, 0.717) is 5.69 Å². The van der Waals surface area contributed by atoms with Crippen LogP contribution in [0.5, 0.6) is 0 Å². The molecule has 5 heteroatoms. The Balaban J connectivity index is 2.07. The number of rotatable bonds is 3. The molecule has 1 atom stereocenters. The molecule has 1 heterocycles. The molecule has 0 bridgehead atoms. The lowest BCUT2D eigenvalue weighted by Crippen LogP contribution is -2.07. The van der Waals surface area contributed by atoms with Crippen molar-refractivity contribution in [1.82, 2.24) is 0 Å². The van der Waals surface area contributed by atoms with Crippen LogP contribution >= 0.6 is 11.3 Å². The van der Waals surface area contributed by atoms with Crippen molar-refractivity contribution in [1.29, 1.82) is 0 Å². The average molecular weight is 271 g/mol. The van der Waals surface area contributed by atoms with Gasteiger partial charge in [-0.1, -0.05) is 6.07 Å². The van der Waals surface area contributed by atoms with E-state index in [1.807, 2.05) is 24.4 Å². The van der Waals surface area contributed by atoms with Crippen molar-refractivity contribution >= 4 is 17.0 Å². The van der Waals surface area contributed by atoms with E-state index in [4.69, 9.17) is 0 Å². The second-order valence-electron chi connectivity index (χ2n) is 3.96. The number of benzene rings is 1. The van der Waals surface area contributed by atoms with Crippen molar-refractivity contribution in [2.45, 2.75) is 19.1 Å². The van der Waals surface area contributed by atoms with Gasteiger partial charge >= 0.3 is 6.18 Å². The summed E-state index contributed by atoms with van der Waals surface area (Å²) < 4.78 is 37.2. The molecule has 18 heavy (non-hydrogen) atoms. The number of thiophene rings is 1. The van der Waals surface area contributed by atoms with Gasteiger partial charge in [-0.3, -0.25) is 0 Å². The molecule has 0 aliphatic carbocycles. The number of hydrogen-bond donors (Lipinski definition) is 1. The summed E-state index contributed by atoms with van der Waals surface area (Å²) in [6, 6.07) is 9.10. The van der Waals surface area contributed by atoms with Crippen LogP contribution in [0.2, 0.25) is 0 Å². The van der Waals surface area contributed by atoms with Gasteiger partial charge in [-0.15, -0.1) is 11.3 Å². The maximum Gasteiger partial charge on any atom is 0.416 e. The standard InChI is InChI=1S/C13H12F3NS/c1-9(12-3-2-8-18-12)17-11-6-4-10(5-7-11)13(14,15)16/h2-9,17H,1H3. The highest BCUT2D eigenvalue weighted by atomic mass is 32.1. The number of anilines is 1. The Hall–Kier alpha value is -1.49. The normalized spacial score (nSPS) is 13.3. The lowest BCUT2D eigenvalue weighted by Gasteiger charge is -2.14. The summed E-state index contributed by atoms with van der Waals surface area (Å²) in [5, 5.41) is 5.14. The molecule has 1 unspecified atom stereocenters. The fourth-order valence-electron chi connectivity index (χ4n) is 1.61. The number of alkyl halides is 3. The van der Waals surface area contributed by atoms with E-state index in [1.54, 1.807) is 11.3 Å². The van der Waals surface area contributed by atoms with Gasteiger partial charge in [0.2, 0.25) is 0 Å². The predicted molar refractivity (Wildman–Crippen MR) is 67.8 cm³/mol. The SMILES string of the molecule is CC(Nc1ccc(C(F)(F)F)cc1)c1cccs1. The van der Waals surface area contributed by atoms with Crippen LogP contribution < -0.4 is 5.32 Å². The maximum atomic E-state index is 12.4. The molecular formula is C13H12F3NS. The van der Waals surface area contributed by atoms with Crippen LogP contribution in [-0.4, -0.2) is 0 Å². The van der Waals surface area contributed by atoms with Crippen molar-refractivity contribution in [2.24, 2.45) is 0 Å². The summed E-state index contributed by atoms with van der Waals surface area (Å²) >= 11 is 1.62. The van der Waals surface area contributed by atoms with E-state index in [9.17, 15) is 13.2 Å². The highest BCUT2D eigenvalue weighted by molar-refractivity contribution is 7.10. The van der Waals surface area contributed by atoms with Crippen LogP contribution in [0, 0.1) is 0 Å². The van der Waals surface area contributed by atoms with Gasteiger partial charge in [0.1, 0.15) is 0 Å². The maximum absolute atomic E-state index is 12.4. The third kappa shape index (κ3) is 3.04. The molecule has 1 nitrogen and oxygen atoms in total. The number of halogens is 3. The smallest absolute Gasteiger partial charge is 0.378 e. The van der Waals surface area contributed by atoms with Gasteiger partial charge in [0.25, 0.3) is 0 Å². The quantitative estimate of drug-likeness (QED) is 0.833. The molecule has 0 aliphatic rings. The first-order valence-electron chi connectivity index (χ1n) is 5.44. The summed E-state index contributed by atoms with van der Waals surface area (Å²) in [5.41, 5.74) is 0.0562. The van der Waals surface area contributed by atoms with Crippen LogP contribution in [0.4, 0.5) is 18.9 Å². The molecule has 1 aromatic carbocycles. The minimum atomic E-state index is -4.28. The summed E-state index contributed by atoms with van der Waals surface area (Å²) in [6.07, 6.45) is -4.28. The molecule has 0 spiro atoms. The van der Waals surface area contributed by atoms with Crippen LogP contribution in [-0.2, 0) is 6.18 Å². The second kappa shape index (κ2) is 5.02. The Morgan fingerprint density at radius 3 is 2.28 bits per heavy atom. The Labute approximate surface area is 107 Å². The van der Waals surface area contributed by atoms with Crippen molar-refractivity contribution in [3.05, 3.63) is 52.2 Å². The van der Waals surface area contributed by atoms with Gasteiger partial charge in [0.15, 0.2) is 0 Å². The van der Waals surface area contributed by atoms with E-state index in [-0.39, 0.29) is 6.04 Å². The number of nitrogens with one attached hydrogen (secondary N) is 1. The van der Waals surface area contributed by atoms with Crippen molar-refractivity contribution in [3.63, 3.8) is 0 Å². The molecule has 0 saturated carbocycles. The van der Waals surface area contributed by atoms with Gasteiger partial charge in [-0.2, -0.15) is 13.2 Å². The Morgan fingerprint density at radius 2 is 1.78 bits per heavy atom. The Bertz CT molecular complexity index is 488. The zero-order chi connectivity index (χ0) is 13.2. The van der Waals surface area contributed by atoms with Gasteiger partial charge in [-0.25, -0.2) is 0 Å². The lowest BCUT2D eigenvalue weighted by atomic mass is 10.2. The van der Waals surface area contributed by atoms with E-state index in [2.05, 4.69) is 5.32 Å². The van der Waals surface area contributed by atoms with Crippen molar-refractivity contribution in [3.8, 4) is 0 Å². The largest absolute Gasteiger partial charge is 0.416 e. The minimum absolute atomic E-state index is 0.0849. The van der Waals surface area contributed by atoms with E-state index < -0.39 is 11.7 Å². The molecule has 0 aliphatic heterocycles. The molecule has 1 N–H and O–H groups in total. The van der Waals surface area contributed by atoms with Gasteiger partial charge in [-0.05, 0) is 42.6 Å². The van der Waals surface area contributed by atoms with E-state index in [0.717, 1.165) is 17.0 Å². The second-order valence-corrected chi connectivity index (χ2v) is 4.94. The first-order valence-corrected chi connectivity index (χ1v) is 6.32. The molecule has 2 aromatic rings. The van der Waals surface area contributed by atoms with Crippen LogP contribution in [0.3, 0.4) is 0 Å². The van der Waals surface area contributed by atoms with Crippen molar-refractivity contribution in [2.75, 3.05) is 5.32 Å². The molecular weight excluding hydrogens is 259 g/mol. The van der Waals surface area contributed by atoms with Crippen LogP contribution in [0.25, 0.3) is 0 Å². The molecule has 0 amide bonds. The molecule has 2 rings (SSSR count). The third-order valence-corrected chi connectivity index (χ3v) is 3.62. The zero-order valence-electron chi connectivity index (χ0n) is 9.66. The van der Waals surface area contributed by atoms with Gasteiger partial charge in [0, 0.05) is 10.6 Å². The summed E-state index contributed by atoms with van der Waals surface area (Å²) in [4.78, 5) is 1.15. The summed E-state index contributed by atoms with van der Waals surface area (Å²) in [7, 11) is 0. The Morgan fingerprint density at radius 1 is 1.11 bits per heavy atom. The highest BCUT2D eigenvalue weighted by Crippen LogP contribution is 2.30. The average Bonchev–Trinajstić information content (AvgIpc) is 2.82. The molecule has 0 saturated heterocycles. The summed E-state index contributed by atoms with van der Waals surface area (Å²) in [5.74, 6) is 0. The first kappa shape index (κ1) is 13.0. The Kier molecular flexibility index (Phi) is 3.61. The summed E-state index contributed by atoms with van der Waals surface area (Å²) in [6.45, 7) is 1.98. The third-order valence-electron chi connectivity index (χ3n) is 2.57. The molecule has 96 valence electrons. The molecule has 0 radical (unpaired) electrons. The molecule has 0 fully saturated rings. The van der Waals surface area contributed by atoms with Crippen molar-refractivity contribution < 1.29 is 13.2 Å². The van der Waals surface area contributed by atoms with Crippen LogP contribution in [0.15, 0.2) is 41.8 Å². The predicted octanol–water partition coefficient (Wildman–Crippen LogP) is 4.94. The zero-order valence-corrected chi connectivity index (χ0v) is 10.5. The fraction of sp³-hybridized carbons (Fsp3) is 0.231. The van der Waals surface area contributed by atoms with Crippen LogP contribution in [0.1, 0.15) is 23.4 Å². The van der Waals surface area contributed by atoms with E-state index in [1.165, 1.54) is 12.1 Å². The number of hydrogen-bond acceptors (Lipinski definition) is 2.